The van der Waals surface area contributed by atoms with Crippen molar-refractivity contribution in [2.45, 2.75) is 20.4 Å². The molecule has 0 aliphatic carbocycles. The number of aromatic amines is 1. The third-order valence-corrected chi connectivity index (χ3v) is 4.03. The highest BCUT2D eigenvalue weighted by Crippen LogP contribution is 2.24. The Morgan fingerprint density at radius 1 is 1.29 bits per heavy atom. The predicted octanol–water partition coefficient (Wildman–Crippen LogP) is 4.06. The maximum absolute atomic E-state index is 5.64. The van der Waals surface area contributed by atoms with Crippen molar-refractivity contribution in [2.24, 2.45) is 0 Å². The molecule has 0 unspecified atom stereocenters. The highest BCUT2D eigenvalue weighted by molar-refractivity contribution is 9.10. The summed E-state index contributed by atoms with van der Waals surface area (Å²) in [6.07, 6.45) is 3.60. The van der Waals surface area contributed by atoms with E-state index in [0.29, 0.717) is 6.54 Å². The Balaban J connectivity index is 1.77. The minimum Gasteiger partial charge on any atom is -0.460 e. The summed E-state index contributed by atoms with van der Waals surface area (Å²) in [5.41, 5.74) is 4.01. The summed E-state index contributed by atoms with van der Waals surface area (Å²) >= 11 is 3.40. The largest absolute Gasteiger partial charge is 0.460 e. The molecule has 108 valence electrons. The first-order valence-corrected chi connectivity index (χ1v) is 7.38. The predicted molar refractivity (Wildman–Crippen MR) is 85.0 cm³/mol. The Kier molecular flexibility index (Phi) is 3.79. The molecule has 2 N–H and O–H groups in total. The fraction of sp³-hybridized carbons (Fsp3) is 0.200. The molecule has 3 rings (SSSR count). The SMILES string of the molecule is Cc1ccc(-c2[nH]ncc2CNc2cnc(Br)c(C)c2)o1. The zero-order chi connectivity index (χ0) is 14.8. The lowest BCUT2D eigenvalue weighted by Crippen LogP contribution is -2.00. The molecule has 5 nitrogen and oxygen atoms in total. The van der Waals surface area contributed by atoms with E-state index in [-0.39, 0.29) is 0 Å². The molecule has 0 radical (unpaired) electrons. The molecule has 0 aliphatic heterocycles. The highest BCUT2D eigenvalue weighted by atomic mass is 79.9. The van der Waals surface area contributed by atoms with Crippen molar-refractivity contribution in [1.82, 2.24) is 15.2 Å². The van der Waals surface area contributed by atoms with Crippen molar-refractivity contribution in [3.63, 3.8) is 0 Å². The van der Waals surface area contributed by atoms with Gasteiger partial charge in [0.05, 0.1) is 18.1 Å². The van der Waals surface area contributed by atoms with Crippen LogP contribution in [0.15, 0.2) is 39.6 Å². The maximum Gasteiger partial charge on any atom is 0.152 e. The molecular weight excluding hydrogens is 332 g/mol. The Labute approximate surface area is 130 Å². The van der Waals surface area contributed by atoms with E-state index in [4.69, 9.17) is 4.42 Å². The quantitative estimate of drug-likeness (QED) is 0.699. The number of aromatic nitrogens is 3. The standard InChI is InChI=1S/C15H15BrN4O/c1-9-5-12(8-18-15(9)16)17-6-11-7-19-20-14(11)13-4-3-10(2)21-13/h3-5,7-8,17H,6H2,1-2H3,(H,19,20). The van der Waals surface area contributed by atoms with Crippen molar-refractivity contribution in [2.75, 3.05) is 5.32 Å². The minimum absolute atomic E-state index is 0.647. The van der Waals surface area contributed by atoms with Gasteiger partial charge in [-0.1, -0.05) is 0 Å². The lowest BCUT2D eigenvalue weighted by atomic mass is 10.2. The summed E-state index contributed by atoms with van der Waals surface area (Å²) in [7, 11) is 0. The van der Waals surface area contributed by atoms with Gasteiger partial charge in [-0.15, -0.1) is 0 Å². The minimum atomic E-state index is 0.647. The Morgan fingerprint density at radius 2 is 2.14 bits per heavy atom. The van der Waals surface area contributed by atoms with Crippen molar-refractivity contribution in [3.8, 4) is 11.5 Å². The van der Waals surface area contributed by atoms with Crippen LogP contribution in [0, 0.1) is 13.8 Å². The van der Waals surface area contributed by atoms with Gasteiger partial charge in [0, 0.05) is 12.1 Å². The van der Waals surface area contributed by atoms with E-state index in [2.05, 4.69) is 36.4 Å². The number of H-pyrrole nitrogens is 1. The van der Waals surface area contributed by atoms with Crippen LogP contribution in [-0.4, -0.2) is 15.2 Å². The molecule has 0 fully saturated rings. The van der Waals surface area contributed by atoms with Gasteiger partial charge in [-0.05, 0) is 53.5 Å². The van der Waals surface area contributed by atoms with Crippen molar-refractivity contribution >= 4 is 21.6 Å². The topological polar surface area (TPSA) is 66.7 Å². The molecule has 21 heavy (non-hydrogen) atoms. The molecule has 0 spiro atoms. The molecule has 0 saturated heterocycles. The third kappa shape index (κ3) is 3.00. The average Bonchev–Trinajstić information content (AvgIpc) is 3.08. The molecule has 3 heterocycles. The third-order valence-electron chi connectivity index (χ3n) is 3.20. The number of rotatable bonds is 4. The fourth-order valence-corrected chi connectivity index (χ4v) is 2.30. The molecule has 0 bridgehead atoms. The molecule has 6 heteroatoms. The van der Waals surface area contributed by atoms with Gasteiger partial charge >= 0.3 is 0 Å². The van der Waals surface area contributed by atoms with Crippen LogP contribution >= 0.6 is 15.9 Å². The van der Waals surface area contributed by atoms with Gasteiger partial charge in [-0.3, -0.25) is 5.10 Å². The number of anilines is 1. The van der Waals surface area contributed by atoms with E-state index < -0.39 is 0 Å². The number of furan rings is 1. The highest BCUT2D eigenvalue weighted by Gasteiger charge is 2.11. The average molecular weight is 347 g/mol. The number of aryl methyl sites for hydroxylation is 2. The van der Waals surface area contributed by atoms with Crippen LogP contribution in [0.3, 0.4) is 0 Å². The summed E-state index contributed by atoms with van der Waals surface area (Å²) < 4.78 is 6.50. The first kappa shape index (κ1) is 13.9. The van der Waals surface area contributed by atoms with E-state index in [0.717, 1.165) is 38.6 Å². The first-order valence-electron chi connectivity index (χ1n) is 6.58. The molecule has 0 aromatic carbocycles. The van der Waals surface area contributed by atoms with Gasteiger partial charge in [-0.2, -0.15) is 5.10 Å². The molecule has 0 amide bonds. The van der Waals surface area contributed by atoms with E-state index in [1.807, 2.05) is 32.0 Å². The number of nitrogens with zero attached hydrogens (tertiary/aromatic N) is 2. The number of halogens is 1. The Morgan fingerprint density at radius 3 is 2.86 bits per heavy atom. The van der Waals surface area contributed by atoms with Crippen LogP contribution in [0.1, 0.15) is 16.9 Å². The van der Waals surface area contributed by atoms with Crippen LogP contribution in [0.25, 0.3) is 11.5 Å². The Bertz CT molecular complexity index is 763. The van der Waals surface area contributed by atoms with Crippen LogP contribution in [0.5, 0.6) is 0 Å². The molecule has 0 atom stereocenters. The first-order chi connectivity index (χ1) is 10.1. The lowest BCUT2D eigenvalue weighted by molar-refractivity contribution is 0.545. The van der Waals surface area contributed by atoms with Crippen LogP contribution < -0.4 is 5.32 Å². The number of nitrogens with one attached hydrogen (secondary N) is 2. The van der Waals surface area contributed by atoms with Crippen LogP contribution in [0.4, 0.5) is 5.69 Å². The van der Waals surface area contributed by atoms with E-state index in [1.165, 1.54) is 0 Å². The van der Waals surface area contributed by atoms with Gasteiger partial charge < -0.3 is 9.73 Å². The smallest absolute Gasteiger partial charge is 0.152 e. The van der Waals surface area contributed by atoms with Gasteiger partial charge in [0.2, 0.25) is 0 Å². The van der Waals surface area contributed by atoms with E-state index >= 15 is 0 Å². The normalized spacial score (nSPS) is 10.8. The molecule has 3 aromatic heterocycles. The molecule has 0 saturated carbocycles. The maximum atomic E-state index is 5.64. The second kappa shape index (κ2) is 5.73. The van der Waals surface area contributed by atoms with Crippen molar-refractivity contribution < 1.29 is 4.42 Å². The monoisotopic (exact) mass is 346 g/mol. The lowest BCUT2D eigenvalue weighted by Gasteiger charge is -2.07. The summed E-state index contributed by atoms with van der Waals surface area (Å²) in [6.45, 7) is 4.58. The zero-order valence-corrected chi connectivity index (χ0v) is 13.4. The van der Waals surface area contributed by atoms with Crippen LogP contribution in [-0.2, 0) is 6.54 Å². The van der Waals surface area contributed by atoms with Gasteiger partial charge in [0.15, 0.2) is 5.76 Å². The summed E-state index contributed by atoms with van der Waals surface area (Å²) in [5, 5.41) is 10.4. The van der Waals surface area contributed by atoms with Gasteiger partial charge in [-0.25, -0.2) is 4.98 Å². The summed E-state index contributed by atoms with van der Waals surface area (Å²) in [5.74, 6) is 1.68. The summed E-state index contributed by atoms with van der Waals surface area (Å²) in [4.78, 5) is 4.27. The van der Waals surface area contributed by atoms with Crippen molar-refractivity contribution in [1.29, 1.82) is 0 Å². The van der Waals surface area contributed by atoms with Crippen LogP contribution in [0.2, 0.25) is 0 Å². The van der Waals surface area contributed by atoms with E-state index in [9.17, 15) is 0 Å². The summed E-state index contributed by atoms with van der Waals surface area (Å²) in [6, 6.07) is 5.93. The van der Waals surface area contributed by atoms with Crippen molar-refractivity contribution in [3.05, 3.63) is 52.1 Å². The number of hydrogen-bond acceptors (Lipinski definition) is 4. The molecule has 0 aliphatic rings. The van der Waals surface area contributed by atoms with Gasteiger partial charge in [0.25, 0.3) is 0 Å². The van der Waals surface area contributed by atoms with E-state index in [1.54, 1.807) is 12.4 Å². The molecule has 3 aromatic rings. The Hall–Kier alpha value is -2.08. The molecular formula is C15H15BrN4O. The van der Waals surface area contributed by atoms with Gasteiger partial charge in [0.1, 0.15) is 16.1 Å². The number of hydrogen-bond donors (Lipinski definition) is 2. The second-order valence-corrected chi connectivity index (χ2v) is 5.62. The zero-order valence-electron chi connectivity index (χ0n) is 11.8. The number of pyridine rings is 1. The second-order valence-electron chi connectivity index (χ2n) is 4.87. The fourth-order valence-electron chi connectivity index (χ4n) is 2.08.